The third-order valence-corrected chi connectivity index (χ3v) is 8.79. The number of ether oxygens (including phenoxy) is 1. The number of thiazole rings is 1. The van der Waals surface area contributed by atoms with Crippen LogP contribution >= 0.6 is 34.9 Å². The second-order valence-corrected chi connectivity index (χ2v) is 11.6. The SMILES string of the molecule is C=CSC1=C(C(=O)OCc2ccc([N+](=O)[O-])cc2)N2C(=O)C(NC(=O)/C(=N/OC)c3csc(NC(=O)C(F)(F)F)n3)[C@H]2SC1. The van der Waals surface area contributed by atoms with E-state index in [4.69, 9.17) is 4.74 Å². The molecule has 2 aliphatic rings. The van der Waals surface area contributed by atoms with Gasteiger partial charge in [0.1, 0.15) is 36.5 Å². The molecule has 1 saturated heterocycles. The molecule has 2 aromatic rings. The number of hydrogen-bond donors (Lipinski definition) is 2. The number of amides is 3. The highest BCUT2D eigenvalue weighted by Crippen LogP contribution is 2.44. The second-order valence-electron chi connectivity index (χ2n) is 8.53. The molecule has 3 heterocycles. The number of fused-ring (bicyclic) bond motifs is 1. The summed E-state index contributed by atoms with van der Waals surface area (Å²) in [6.45, 7) is 3.40. The molecule has 4 rings (SSSR count). The number of benzene rings is 1. The van der Waals surface area contributed by atoms with Crippen LogP contribution in [0.3, 0.4) is 0 Å². The van der Waals surface area contributed by atoms with Crippen LogP contribution in [-0.2, 0) is 35.4 Å². The fraction of sp³-hybridized carbons (Fsp3) is 0.250. The number of β-lactam (4-membered cyclic amide) rings is 1. The molecule has 0 radical (unpaired) electrons. The summed E-state index contributed by atoms with van der Waals surface area (Å²) in [6.07, 6.45) is -5.16. The summed E-state index contributed by atoms with van der Waals surface area (Å²) < 4.78 is 43.1. The minimum Gasteiger partial charge on any atom is -0.456 e. The Morgan fingerprint density at radius 3 is 2.64 bits per heavy atom. The summed E-state index contributed by atoms with van der Waals surface area (Å²) >= 11 is 2.95. The van der Waals surface area contributed by atoms with E-state index in [0.29, 0.717) is 21.8 Å². The Kier molecular flexibility index (Phi) is 9.95. The first kappa shape index (κ1) is 32.5. The molecule has 2 aliphatic heterocycles. The van der Waals surface area contributed by atoms with Crippen LogP contribution in [0.1, 0.15) is 11.3 Å². The molecule has 44 heavy (non-hydrogen) atoms. The van der Waals surface area contributed by atoms with Gasteiger partial charge in [0.25, 0.3) is 17.5 Å². The van der Waals surface area contributed by atoms with Crippen molar-refractivity contribution in [3.63, 3.8) is 0 Å². The van der Waals surface area contributed by atoms with Gasteiger partial charge in [0, 0.05) is 28.2 Å². The van der Waals surface area contributed by atoms with Crippen molar-refractivity contribution in [2.24, 2.45) is 5.16 Å². The summed E-state index contributed by atoms with van der Waals surface area (Å²) in [5.41, 5.74) is -0.430. The number of carbonyl (C=O) groups excluding carboxylic acids is 4. The van der Waals surface area contributed by atoms with Crippen molar-refractivity contribution >= 4 is 75.1 Å². The quantitative estimate of drug-likeness (QED) is 0.118. The molecule has 1 aromatic heterocycles. The molecule has 14 nitrogen and oxygen atoms in total. The molecule has 0 spiro atoms. The zero-order valence-corrected chi connectivity index (χ0v) is 24.6. The van der Waals surface area contributed by atoms with Crippen molar-refractivity contribution in [3.8, 4) is 0 Å². The summed E-state index contributed by atoms with van der Waals surface area (Å²) in [5.74, 6) is -4.46. The Balaban J connectivity index is 1.46. The second kappa shape index (κ2) is 13.5. The number of anilines is 1. The Labute approximate surface area is 257 Å². The van der Waals surface area contributed by atoms with Gasteiger partial charge in [0.05, 0.1) is 4.92 Å². The molecule has 2 atom stereocenters. The fourth-order valence-electron chi connectivity index (χ4n) is 3.82. The van der Waals surface area contributed by atoms with Crippen molar-refractivity contribution in [3.05, 3.63) is 73.6 Å². The third kappa shape index (κ3) is 7.03. The number of nitro benzene ring substituents is 1. The molecule has 20 heteroatoms. The average molecular weight is 673 g/mol. The van der Waals surface area contributed by atoms with Crippen molar-refractivity contribution in [2.45, 2.75) is 24.2 Å². The molecule has 0 aliphatic carbocycles. The predicted molar refractivity (Wildman–Crippen MR) is 153 cm³/mol. The Bertz CT molecular complexity index is 1580. The van der Waals surface area contributed by atoms with E-state index in [1.54, 1.807) is 5.32 Å². The molecule has 1 fully saturated rings. The first-order valence-electron chi connectivity index (χ1n) is 12.0. The van der Waals surface area contributed by atoms with Gasteiger partial charge in [-0.3, -0.25) is 34.7 Å². The first-order valence-corrected chi connectivity index (χ1v) is 14.8. The highest BCUT2D eigenvalue weighted by Gasteiger charge is 2.55. The summed E-state index contributed by atoms with van der Waals surface area (Å²) in [4.78, 5) is 71.1. The average Bonchev–Trinajstić information content (AvgIpc) is 3.44. The van der Waals surface area contributed by atoms with Gasteiger partial charge in [0.2, 0.25) is 0 Å². The maximum atomic E-state index is 13.2. The largest absolute Gasteiger partial charge is 0.471 e. The normalized spacial score (nSPS) is 18.1. The number of rotatable bonds is 11. The van der Waals surface area contributed by atoms with Crippen molar-refractivity contribution < 1.29 is 46.8 Å². The predicted octanol–water partition coefficient (Wildman–Crippen LogP) is 3.13. The van der Waals surface area contributed by atoms with Crippen molar-refractivity contribution in [1.29, 1.82) is 0 Å². The summed E-state index contributed by atoms with van der Waals surface area (Å²) in [5, 5.41) is 19.9. The van der Waals surface area contributed by atoms with E-state index in [0.717, 1.165) is 24.3 Å². The van der Waals surface area contributed by atoms with Crippen LogP contribution in [0, 0.1) is 10.1 Å². The lowest BCUT2D eigenvalue weighted by atomic mass is 10.0. The van der Waals surface area contributed by atoms with Gasteiger partial charge < -0.3 is 14.9 Å². The molecular weight excluding hydrogens is 653 g/mol. The number of halogens is 3. The van der Waals surface area contributed by atoms with Crippen LogP contribution in [0.2, 0.25) is 0 Å². The van der Waals surface area contributed by atoms with Crippen LogP contribution in [0.4, 0.5) is 24.0 Å². The van der Waals surface area contributed by atoms with Gasteiger partial charge in [-0.25, -0.2) is 9.78 Å². The lowest BCUT2D eigenvalue weighted by Crippen LogP contribution is -2.71. The maximum Gasteiger partial charge on any atom is 0.471 e. The number of nitrogens with zero attached hydrogens (tertiary/aromatic N) is 4. The van der Waals surface area contributed by atoms with E-state index >= 15 is 0 Å². The van der Waals surface area contributed by atoms with E-state index in [9.17, 15) is 42.5 Å². The minimum absolute atomic E-state index is 0.0496. The number of non-ortho nitro benzene ring substituents is 1. The van der Waals surface area contributed by atoms with E-state index in [2.05, 4.69) is 26.9 Å². The molecule has 232 valence electrons. The standard InChI is InChI=1S/C24H19F3N6O8S3/c1-3-42-14-10-43-20-16(19(35)32(20)17(14)21(36)41-8-11-4-6-12(7-5-11)33(38)39)29-18(34)15(31-40-2)13-9-44-23(28-13)30-22(37)24(25,26)27/h3-7,9,16,20H,1,8,10H2,2H3,(H,29,34)(H,28,30,37)/b31-15+/t16?,20-/m1/s1. The number of nitrogens with one attached hydrogen (secondary N) is 2. The van der Waals surface area contributed by atoms with E-state index < -0.39 is 57.0 Å². The highest BCUT2D eigenvalue weighted by molar-refractivity contribution is 8.08. The van der Waals surface area contributed by atoms with Gasteiger partial charge in [-0.2, -0.15) is 13.2 Å². The van der Waals surface area contributed by atoms with Crippen LogP contribution < -0.4 is 10.6 Å². The topological polar surface area (TPSA) is 182 Å². The van der Waals surface area contributed by atoms with Crippen molar-refractivity contribution in [2.75, 3.05) is 18.2 Å². The fourth-order valence-corrected chi connectivity index (χ4v) is 6.67. The highest BCUT2D eigenvalue weighted by atomic mass is 32.2. The van der Waals surface area contributed by atoms with Crippen LogP contribution in [0.15, 0.2) is 57.4 Å². The number of thioether (sulfide) groups is 2. The molecule has 2 N–H and O–H groups in total. The number of hydrogen-bond acceptors (Lipinski definition) is 13. The molecule has 1 unspecified atom stereocenters. The number of oxime groups is 1. The molecule has 3 amide bonds. The van der Waals surface area contributed by atoms with Crippen LogP contribution in [0.5, 0.6) is 0 Å². The number of alkyl halides is 3. The lowest BCUT2D eigenvalue weighted by Gasteiger charge is -2.49. The van der Waals surface area contributed by atoms with E-state index in [1.165, 1.54) is 46.3 Å². The Morgan fingerprint density at radius 2 is 2.02 bits per heavy atom. The molecular formula is C24H19F3N6O8S3. The van der Waals surface area contributed by atoms with Crippen LogP contribution in [0.25, 0.3) is 0 Å². The van der Waals surface area contributed by atoms with Crippen LogP contribution in [-0.4, -0.2) is 74.7 Å². The van der Waals surface area contributed by atoms with E-state index in [-0.39, 0.29) is 29.4 Å². The molecule has 1 aromatic carbocycles. The molecule has 0 bridgehead atoms. The van der Waals surface area contributed by atoms with Crippen molar-refractivity contribution in [1.82, 2.24) is 15.2 Å². The van der Waals surface area contributed by atoms with Gasteiger partial charge >= 0.3 is 18.1 Å². The van der Waals surface area contributed by atoms with Gasteiger partial charge in [-0.05, 0) is 23.1 Å². The van der Waals surface area contributed by atoms with E-state index in [1.807, 2.05) is 0 Å². The monoisotopic (exact) mass is 672 g/mol. The third-order valence-electron chi connectivity index (χ3n) is 5.78. The smallest absolute Gasteiger partial charge is 0.456 e. The number of aromatic nitrogens is 1. The molecule has 0 saturated carbocycles. The van der Waals surface area contributed by atoms with Gasteiger partial charge in [-0.15, -0.1) is 23.1 Å². The summed E-state index contributed by atoms with van der Waals surface area (Å²) in [7, 11) is 1.11. The first-order chi connectivity index (χ1) is 20.8. The minimum atomic E-state index is -5.16. The Morgan fingerprint density at radius 1 is 1.32 bits per heavy atom. The summed E-state index contributed by atoms with van der Waals surface area (Å²) in [6, 6.07) is 4.23. The number of carbonyl (C=O) groups is 4. The van der Waals surface area contributed by atoms with Gasteiger partial charge in [-0.1, -0.05) is 23.5 Å². The number of esters is 1. The lowest BCUT2D eigenvalue weighted by molar-refractivity contribution is -0.384. The zero-order valence-electron chi connectivity index (χ0n) is 22.2. The zero-order chi connectivity index (χ0) is 32.2. The maximum absolute atomic E-state index is 13.2. The van der Waals surface area contributed by atoms with Gasteiger partial charge in [0.15, 0.2) is 10.8 Å². The Hall–Kier alpha value is -4.43. The number of nitro groups is 1.